The maximum absolute atomic E-state index is 12.5. The predicted octanol–water partition coefficient (Wildman–Crippen LogP) is 4.59. The molecule has 0 saturated heterocycles. The molecule has 0 atom stereocenters. The Morgan fingerprint density at radius 1 is 0.656 bits per heavy atom. The van der Waals surface area contributed by atoms with Gasteiger partial charge in [0.25, 0.3) is 11.8 Å². The summed E-state index contributed by atoms with van der Waals surface area (Å²) in [6.45, 7) is 0.279. The van der Waals surface area contributed by atoms with Crippen LogP contribution in [0.1, 0.15) is 20.7 Å². The maximum atomic E-state index is 12.5. The van der Waals surface area contributed by atoms with Crippen LogP contribution in [0.15, 0.2) is 90.1 Å². The van der Waals surface area contributed by atoms with Gasteiger partial charge in [-0.25, -0.2) is 4.98 Å². The summed E-state index contributed by atoms with van der Waals surface area (Å²) in [5.41, 5.74) is 4.26. The van der Waals surface area contributed by atoms with Crippen molar-refractivity contribution in [3.05, 3.63) is 96.1 Å². The molecule has 0 spiro atoms. The summed E-state index contributed by atoms with van der Waals surface area (Å²) in [6.07, 6.45) is 0. The van der Waals surface area contributed by atoms with Gasteiger partial charge in [0.1, 0.15) is 11.4 Å². The van der Waals surface area contributed by atoms with Gasteiger partial charge in [-0.3, -0.25) is 14.5 Å². The third kappa shape index (κ3) is 3.78. The van der Waals surface area contributed by atoms with Crippen LogP contribution in [0.3, 0.4) is 0 Å². The number of rotatable bonds is 6. The van der Waals surface area contributed by atoms with Crippen molar-refractivity contribution < 1.29 is 9.59 Å². The maximum Gasteiger partial charge on any atom is 0.261 e. The molecule has 6 nitrogen and oxygen atoms in total. The van der Waals surface area contributed by atoms with E-state index in [1.165, 1.54) is 16.7 Å². The first-order chi connectivity index (χ1) is 15.7. The first kappa shape index (κ1) is 20.1. The van der Waals surface area contributed by atoms with Crippen LogP contribution in [0.5, 0.6) is 0 Å². The van der Waals surface area contributed by atoms with E-state index in [0.29, 0.717) is 27.7 Å². The Morgan fingerprint density at radius 2 is 1.19 bits per heavy atom. The number of hydrogen-bond acceptors (Lipinski definition) is 6. The van der Waals surface area contributed by atoms with E-state index in [2.05, 4.69) is 10.2 Å². The molecule has 2 heterocycles. The second kappa shape index (κ2) is 8.72. The Balaban J connectivity index is 1.36. The predicted molar refractivity (Wildman–Crippen MR) is 123 cm³/mol. The first-order valence-electron chi connectivity index (χ1n) is 10.2. The number of hydrogen-bond donors (Lipinski definition) is 0. The molecule has 3 aromatic carbocycles. The number of aromatic nitrogens is 3. The molecule has 4 aromatic rings. The fourth-order valence-electron chi connectivity index (χ4n) is 3.63. The number of nitrogens with zero attached hydrogens (tertiary/aromatic N) is 4. The second-order valence-electron chi connectivity index (χ2n) is 7.18. The average molecular weight is 439 g/mol. The van der Waals surface area contributed by atoms with Crippen molar-refractivity contribution in [3.63, 3.8) is 0 Å². The van der Waals surface area contributed by atoms with Crippen LogP contribution in [-0.4, -0.2) is 44.2 Å². The fourth-order valence-corrected chi connectivity index (χ4v) is 4.34. The molecule has 0 N–H and O–H groups in total. The number of fused-ring (bicyclic) bond motifs is 1. The van der Waals surface area contributed by atoms with Gasteiger partial charge in [0.15, 0.2) is 0 Å². The lowest BCUT2D eigenvalue weighted by Gasteiger charge is -2.13. The van der Waals surface area contributed by atoms with E-state index in [4.69, 9.17) is 4.98 Å². The second-order valence-corrected chi connectivity index (χ2v) is 8.24. The van der Waals surface area contributed by atoms with E-state index >= 15 is 0 Å². The third-order valence-corrected chi connectivity index (χ3v) is 6.00. The Kier molecular flexibility index (Phi) is 5.47. The van der Waals surface area contributed by atoms with Gasteiger partial charge in [-0.05, 0) is 12.1 Å². The summed E-state index contributed by atoms with van der Waals surface area (Å²) in [6, 6.07) is 26.6. The van der Waals surface area contributed by atoms with Gasteiger partial charge in [-0.2, -0.15) is 0 Å². The highest BCUT2D eigenvalue weighted by atomic mass is 32.2. The van der Waals surface area contributed by atoms with Gasteiger partial charge >= 0.3 is 0 Å². The minimum Gasteiger partial charge on any atom is -0.273 e. The van der Waals surface area contributed by atoms with E-state index < -0.39 is 0 Å². The Hall–Kier alpha value is -3.84. The molecule has 32 heavy (non-hydrogen) atoms. The van der Waals surface area contributed by atoms with Gasteiger partial charge in [0.2, 0.25) is 5.16 Å². The highest BCUT2D eigenvalue weighted by Crippen LogP contribution is 2.30. The average Bonchev–Trinajstić information content (AvgIpc) is 3.10. The first-order valence-corrected chi connectivity index (χ1v) is 11.1. The largest absolute Gasteiger partial charge is 0.273 e. The normalized spacial score (nSPS) is 12.8. The van der Waals surface area contributed by atoms with Crippen LogP contribution >= 0.6 is 11.8 Å². The van der Waals surface area contributed by atoms with E-state index in [9.17, 15) is 9.59 Å². The Bertz CT molecular complexity index is 1260. The standard InChI is InChI=1S/C25H18N4O2S/c30-23-19-13-7-8-14-20(19)24(31)29(23)15-16-32-25-26-21(17-9-3-1-4-10-17)22(27-28-25)18-11-5-2-6-12-18/h1-14H,15-16H2. The number of thioether (sulfide) groups is 1. The molecule has 0 radical (unpaired) electrons. The number of imide groups is 1. The SMILES string of the molecule is O=C1c2ccccc2C(=O)N1CCSc1nnc(-c2ccccc2)c(-c2ccccc2)n1. The lowest BCUT2D eigenvalue weighted by atomic mass is 10.0. The van der Waals surface area contributed by atoms with Gasteiger partial charge in [0, 0.05) is 23.4 Å². The van der Waals surface area contributed by atoms with E-state index in [1.54, 1.807) is 24.3 Å². The van der Waals surface area contributed by atoms with Gasteiger partial charge in [-0.1, -0.05) is 84.6 Å². The molecule has 0 aliphatic carbocycles. The molecule has 0 bridgehead atoms. The smallest absolute Gasteiger partial charge is 0.261 e. The minimum absolute atomic E-state index is 0.255. The zero-order chi connectivity index (χ0) is 21.9. The molecular formula is C25H18N4O2S. The zero-order valence-corrected chi connectivity index (χ0v) is 17.8. The number of carbonyl (C=O) groups is 2. The van der Waals surface area contributed by atoms with Crippen molar-refractivity contribution in [2.45, 2.75) is 5.16 Å². The molecule has 1 aliphatic rings. The highest BCUT2D eigenvalue weighted by Gasteiger charge is 2.34. The Labute approximate surface area is 189 Å². The van der Waals surface area contributed by atoms with Crippen molar-refractivity contribution >= 4 is 23.6 Å². The fraction of sp³-hybridized carbons (Fsp3) is 0.0800. The van der Waals surface area contributed by atoms with E-state index in [1.807, 2.05) is 60.7 Å². The van der Waals surface area contributed by atoms with Crippen molar-refractivity contribution in [2.75, 3.05) is 12.3 Å². The molecule has 2 amide bonds. The molecule has 7 heteroatoms. The van der Waals surface area contributed by atoms with Crippen molar-refractivity contribution in [3.8, 4) is 22.5 Å². The molecular weight excluding hydrogens is 420 g/mol. The molecule has 156 valence electrons. The molecule has 0 saturated carbocycles. The summed E-state index contributed by atoms with van der Waals surface area (Å²) in [5.74, 6) is -0.0317. The van der Waals surface area contributed by atoms with Crippen LogP contribution in [0.2, 0.25) is 0 Å². The van der Waals surface area contributed by atoms with Crippen molar-refractivity contribution in [2.24, 2.45) is 0 Å². The molecule has 0 unspecified atom stereocenters. The van der Waals surface area contributed by atoms with Gasteiger partial charge in [0.05, 0.1) is 11.1 Å². The summed E-state index contributed by atoms with van der Waals surface area (Å²) in [5, 5.41) is 9.25. The summed E-state index contributed by atoms with van der Waals surface area (Å²) in [4.78, 5) is 31.1. The summed E-state index contributed by atoms with van der Waals surface area (Å²) in [7, 11) is 0. The Morgan fingerprint density at radius 3 is 1.78 bits per heavy atom. The van der Waals surface area contributed by atoms with Crippen LogP contribution in [-0.2, 0) is 0 Å². The highest BCUT2D eigenvalue weighted by molar-refractivity contribution is 7.99. The quantitative estimate of drug-likeness (QED) is 0.324. The van der Waals surface area contributed by atoms with Crippen molar-refractivity contribution in [1.29, 1.82) is 0 Å². The van der Waals surface area contributed by atoms with E-state index in [0.717, 1.165) is 16.8 Å². The third-order valence-electron chi connectivity index (χ3n) is 5.19. The van der Waals surface area contributed by atoms with Crippen LogP contribution in [0.4, 0.5) is 0 Å². The molecule has 1 aromatic heterocycles. The monoisotopic (exact) mass is 438 g/mol. The zero-order valence-electron chi connectivity index (χ0n) is 17.0. The van der Waals surface area contributed by atoms with Crippen LogP contribution < -0.4 is 0 Å². The molecule has 0 fully saturated rings. The number of carbonyl (C=O) groups excluding carboxylic acids is 2. The van der Waals surface area contributed by atoms with E-state index in [-0.39, 0.29) is 18.4 Å². The summed E-state index contributed by atoms with van der Waals surface area (Å²) >= 11 is 1.37. The van der Waals surface area contributed by atoms with Crippen molar-refractivity contribution in [1.82, 2.24) is 20.1 Å². The molecule has 1 aliphatic heterocycles. The van der Waals surface area contributed by atoms with Crippen LogP contribution in [0.25, 0.3) is 22.5 Å². The van der Waals surface area contributed by atoms with Gasteiger partial charge in [-0.15, -0.1) is 10.2 Å². The minimum atomic E-state index is -0.255. The lowest BCUT2D eigenvalue weighted by molar-refractivity contribution is 0.0664. The van der Waals surface area contributed by atoms with Crippen LogP contribution in [0, 0.1) is 0 Å². The summed E-state index contributed by atoms with van der Waals surface area (Å²) < 4.78 is 0. The van der Waals surface area contributed by atoms with Gasteiger partial charge < -0.3 is 0 Å². The molecule has 5 rings (SSSR count). The topological polar surface area (TPSA) is 76.1 Å². The lowest BCUT2D eigenvalue weighted by Crippen LogP contribution is -2.31. The number of benzene rings is 3. The number of amides is 2.